The van der Waals surface area contributed by atoms with E-state index in [1.54, 1.807) is 44.4 Å². The number of ether oxygens (including phenoxy) is 2. The Morgan fingerprint density at radius 1 is 1.26 bits per heavy atom. The van der Waals surface area contributed by atoms with Gasteiger partial charge in [0.15, 0.2) is 0 Å². The average molecular weight is 500 g/mol. The number of aliphatic hydroxyl groups is 1. The van der Waals surface area contributed by atoms with Crippen LogP contribution >= 0.6 is 11.8 Å². The van der Waals surface area contributed by atoms with E-state index in [1.807, 2.05) is 0 Å². The second-order valence-electron chi connectivity index (χ2n) is 7.50. The van der Waals surface area contributed by atoms with Crippen LogP contribution in [0, 0.1) is 10.1 Å². The molecule has 10 nitrogen and oxygen atoms in total. The third kappa shape index (κ3) is 5.87. The van der Waals surface area contributed by atoms with E-state index in [0.29, 0.717) is 22.5 Å². The van der Waals surface area contributed by atoms with Crippen LogP contribution in [-0.4, -0.2) is 46.4 Å². The normalized spacial score (nSPS) is 16.4. The zero-order chi connectivity index (χ0) is 25.5. The van der Waals surface area contributed by atoms with Gasteiger partial charge in [0, 0.05) is 47.2 Å². The number of hydrogen-bond acceptors (Lipinski definition) is 10. The maximum atomic E-state index is 13.2. The van der Waals surface area contributed by atoms with Crippen molar-refractivity contribution < 1.29 is 29.1 Å². The number of benzene rings is 1. The molecule has 0 amide bonds. The quantitative estimate of drug-likeness (QED) is 0.228. The van der Waals surface area contributed by atoms with Crippen molar-refractivity contribution in [1.82, 2.24) is 10.3 Å². The van der Waals surface area contributed by atoms with Crippen molar-refractivity contribution in [1.29, 1.82) is 0 Å². The maximum absolute atomic E-state index is 13.2. The molecule has 2 heterocycles. The molecule has 0 radical (unpaired) electrons. The lowest BCUT2D eigenvalue weighted by Crippen LogP contribution is -2.34. The van der Waals surface area contributed by atoms with Crippen LogP contribution in [-0.2, 0) is 19.1 Å². The largest absolute Gasteiger partial charge is 0.466 e. The Balaban J connectivity index is 2.12. The highest BCUT2D eigenvalue weighted by Gasteiger charge is 2.39. The minimum Gasteiger partial charge on any atom is -0.466 e. The predicted molar refractivity (Wildman–Crippen MR) is 129 cm³/mol. The third-order valence-corrected chi connectivity index (χ3v) is 6.36. The molecule has 2 atom stereocenters. The van der Waals surface area contributed by atoms with Gasteiger partial charge in [-0.25, -0.2) is 9.59 Å². The van der Waals surface area contributed by atoms with E-state index >= 15 is 0 Å². The van der Waals surface area contributed by atoms with Crippen LogP contribution in [0.1, 0.15) is 36.3 Å². The van der Waals surface area contributed by atoms with Crippen LogP contribution < -0.4 is 5.32 Å². The number of aliphatic hydroxyl groups excluding tert-OH is 1. The van der Waals surface area contributed by atoms with E-state index < -0.39 is 28.2 Å². The van der Waals surface area contributed by atoms with Gasteiger partial charge in [-0.05, 0) is 25.5 Å². The number of aromatic nitrogens is 1. The van der Waals surface area contributed by atoms with Crippen molar-refractivity contribution in [3.63, 3.8) is 0 Å². The Morgan fingerprint density at radius 3 is 2.66 bits per heavy atom. The molecule has 0 spiro atoms. The van der Waals surface area contributed by atoms with Gasteiger partial charge in [0.1, 0.15) is 5.44 Å². The Bertz CT molecular complexity index is 1180. The van der Waals surface area contributed by atoms with Gasteiger partial charge < -0.3 is 19.9 Å². The van der Waals surface area contributed by atoms with Crippen molar-refractivity contribution in [2.45, 2.75) is 25.2 Å². The standard InChI is InChI=1S/C24H25N3O7S/c1-4-34-23(29)21-18(13-35-24(30)16-8-6-10-25-12-16)26-14(2)19(22(28)33-3)20(21)15-7-5-9-17(11-15)27(31)32/h5-12,20,24,26,30H,4,13H2,1-3H3. The van der Waals surface area contributed by atoms with Crippen LogP contribution in [0.25, 0.3) is 0 Å². The summed E-state index contributed by atoms with van der Waals surface area (Å²) in [6, 6.07) is 9.17. The number of hydrogen-bond donors (Lipinski definition) is 2. The number of allylic oxidation sites excluding steroid dienone is 1. The summed E-state index contributed by atoms with van der Waals surface area (Å²) in [6.45, 7) is 3.39. The first kappa shape index (κ1) is 25.9. The number of nitro groups is 1. The molecule has 35 heavy (non-hydrogen) atoms. The number of nitro benzene ring substituents is 1. The number of pyridine rings is 1. The highest BCUT2D eigenvalue weighted by atomic mass is 32.2. The van der Waals surface area contributed by atoms with Crippen molar-refractivity contribution in [2.75, 3.05) is 19.5 Å². The van der Waals surface area contributed by atoms with Crippen LogP contribution in [0.5, 0.6) is 0 Å². The SMILES string of the molecule is CCOC(=O)C1=C(CSC(O)c2cccnc2)NC(C)=C(C(=O)OC)C1c1cccc([N+](=O)[O-])c1. The summed E-state index contributed by atoms with van der Waals surface area (Å²) < 4.78 is 10.3. The number of carbonyl (C=O) groups is 2. The van der Waals surface area contributed by atoms with Gasteiger partial charge in [-0.15, -0.1) is 11.8 Å². The summed E-state index contributed by atoms with van der Waals surface area (Å²) in [7, 11) is 1.22. The number of nitrogens with one attached hydrogen (secondary N) is 1. The van der Waals surface area contributed by atoms with Crippen molar-refractivity contribution in [2.24, 2.45) is 0 Å². The van der Waals surface area contributed by atoms with Crippen LogP contribution in [0.15, 0.2) is 71.3 Å². The number of dihydropyridines is 1. The number of thioether (sulfide) groups is 1. The summed E-state index contributed by atoms with van der Waals surface area (Å²) in [4.78, 5) is 40.8. The summed E-state index contributed by atoms with van der Waals surface area (Å²) in [5.74, 6) is -2.19. The molecule has 0 fully saturated rings. The van der Waals surface area contributed by atoms with Crippen LogP contribution in [0.2, 0.25) is 0 Å². The summed E-state index contributed by atoms with van der Waals surface area (Å²) >= 11 is 1.14. The minimum absolute atomic E-state index is 0.0823. The second kappa shape index (κ2) is 11.6. The Kier molecular flexibility index (Phi) is 8.61. The van der Waals surface area contributed by atoms with Crippen molar-refractivity contribution >= 4 is 29.4 Å². The van der Waals surface area contributed by atoms with Gasteiger partial charge in [0.05, 0.1) is 35.7 Å². The number of non-ortho nitro benzene ring substituents is 1. The number of esters is 2. The van der Waals surface area contributed by atoms with E-state index in [2.05, 4.69) is 10.3 Å². The lowest BCUT2D eigenvalue weighted by molar-refractivity contribution is -0.384. The summed E-state index contributed by atoms with van der Waals surface area (Å²) in [5.41, 5.74) is 0.925. The first-order valence-corrected chi connectivity index (χ1v) is 11.7. The molecule has 1 aliphatic heterocycles. The monoisotopic (exact) mass is 499 g/mol. The van der Waals surface area contributed by atoms with E-state index in [0.717, 1.165) is 11.8 Å². The average Bonchev–Trinajstić information content (AvgIpc) is 2.86. The zero-order valence-corrected chi connectivity index (χ0v) is 20.2. The molecule has 1 aromatic carbocycles. The van der Waals surface area contributed by atoms with Crippen molar-refractivity contribution in [3.8, 4) is 0 Å². The molecular formula is C24H25N3O7S. The van der Waals surface area contributed by atoms with Gasteiger partial charge in [0.2, 0.25) is 0 Å². The van der Waals surface area contributed by atoms with E-state index in [-0.39, 0.29) is 29.2 Å². The Morgan fingerprint density at radius 2 is 2.03 bits per heavy atom. The van der Waals surface area contributed by atoms with E-state index in [4.69, 9.17) is 9.47 Å². The number of rotatable bonds is 9. The molecule has 2 N–H and O–H groups in total. The highest BCUT2D eigenvalue weighted by Crippen LogP contribution is 2.41. The maximum Gasteiger partial charge on any atom is 0.336 e. The molecule has 0 saturated heterocycles. The molecule has 1 aliphatic rings. The molecule has 1 aromatic heterocycles. The Hall–Kier alpha value is -3.70. The smallest absolute Gasteiger partial charge is 0.336 e. The fourth-order valence-electron chi connectivity index (χ4n) is 3.77. The van der Waals surface area contributed by atoms with Crippen LogP contribution in [0.3, 0.4) is 0 Å². The fraction of sp³-hybridized carbons (Fsp3) is 0.292. The van der Waals surface area contributed by atoms with Gasteiger partial charge in [0.25, 0.3) is 5.69 Å². The van der Waals surface area contributed by atoms with Gasteiger partial charge in [-0.3, -0.25) is 15.1 Å². The van der Waals surface area contributed by atoms with E-state index in [9.17, 15) is 24.8 Å². The topological polar surface area (TPSA) is 141 Å². The third-order valence-electron chi connectivity index (χ3n) is 5.31. The lowest BCUT2D eigenvalue weighted by atomic mass is 9.80. The van der Waals surface area contributed by atoms with Crippen LogP contribution in [0.4, 0.5) is 5.69 Å². The highest BCUT2D eigenvalue weighted by molar-refractivity contribution is 7.99. The van der Waals surface area contributed by atoms with Gasteiger partial charge in [-0.2, -0.15) is 0 Å². The van der Waals surface area contributed by atoms with Gasteiger partial charge >= 0.3 is 11.9 Å². The molecule has 11 heteroatoms. The molecule has 3 rings (SSSR count). The zero-order valence-electron chi connectivity index (χ0n) is 19.4. The molecule has 2 unspecified atom stereocenters. The molecule has 184 valence electrons. The van der Waals surface area contributed by atoms with Gasteiger partial charge in [-0.1, -0.05) is 18.2 Å². The first-order chi connectivity index (χ1) is 16.8. The lowest BCUT2D eigenvalue weighted by Gasteiger charge is -2.31. The van der Waals surface area contributed by atoms with Crippen molar-refractivity contribution in [3.05, 3.63) is 92.6 Å². The summed E-state index contributed by atoms with van der Waals surface area (Å²) in [5, 5.41) is 25.1. The molecule has 0 saturated carbocycles. The number of methoxy groups -OCH3 is 1. The first-order valence-electron chi connectivity index (χ1n) is 10.7. The number of carbonyl (C=O) groups excluding carboxylic acids is 2. The molecule has 2 aromatic rings. The summed E-state index contributed by atoms with van der Waals surface area (Å²) in [6.07, 6.45) is 3.14. The minimum atomic E-state index is -0.978. The van der Waals surface area contributed by atoms with E-state index in [1.165, 1.54) is 25.3 Å². The molecule has 0 aliphatic carbocycles. The predicted octanol–water partition coefficient (Wildman–Crippen LogP) is 3.37. The Labute approximate surface area is 206 Å². The molecule has 0 bridgehead atoms. The molecular weight excluding hydrogens is 474 g/mol. The second-order valence-corrected chi connectivity index (χ2v) is 8.57. The fourth-order valence-corrected chi connectivity index (χ4v) is 4.66. The number of nitrogens with zero attached hydrogens (tertiary/aromatic N) is 2.